The summed E-state index contributed by atoms with van der Waals surface area (Å²) in [7, 11) is -1.62. The van der Waals surface area contributed by atoms with Crippen molar-refractivity contribution in [3.05, 3.63) is 29.8 Å². The predicted molar refractivity (Wildman–Crippen MR) is 88.9 cm³/mol. The topological polar surface area (TPSA) is 75.7 Å². The summed E-state index contributed by atoms with van der Waals surface area (Å²) in [6.07, 6.45) is 3.80. The van der Waals surface area contributed by atoms with Crippen molar-refractivity contribution in [2.24, 2.45) is 0 Å². The number of piperidine rings is 1. The normalized spacial score (nSPS) is 18.7. The van der Waals surface area contributed by atoms with E-state index in [4.69, 9.17) is 4.74 Å². The van der Waals surface area contributed by atoms with E-state index in [-0.39, 0.29) is 11.9 Å². The third-order valence-electron chi connectivity index (χ3n) is 3.92. The first kappa shape index (κ1) is 17.7. The van der Waals surface area contributed by atoms with Crippen molar-refractivity contribution in [2.45, 2.75) is 31.7 Å². The average Bonchev–Trinajstić information content (AvgIpc) is 2.51. The Hall–Kier alpha value is -1.60. The second-order valence-corrected chi connectivity index (χ2v) is 7.70. The third-order valence-corrected chi connectivity index (χ3v) is 4.68. The van der Waals surface area contributed by atoms with E-state index in [1.54, 1.807) is 12.0 Å². The number of carbonyl (C=O) groups excluding carboxylic acids is 1. The highest BCUT2D eigenvalue weighted by Crippen LogP contribution is 2.16. The van der Waals surface area contributed by atoms with Crippen LogP contribution in [0, 0.1) is 0 Å². The first-order valence-corrected chi connectivity index (χ1v) is 9.64. The van der Waals surface area contributed by atoms with Crippen LogP contribution in [0.4, 0.5) is 0 Å². The van der Waals surface area contributed by atoms with Gasteiger partial charge in [-0.25, -0.2) is 13.1 Å². The lowest BCUT2D eigenvalue weighted by atomic mass is 10.0. The molecule has 128 valence electrons. The molecule has 6 nitrogen and oxygen atoms in total. The number of carbonyl (C=O) groups is 1. The molecular formula is C16H24N2O4S. The van der Waals surface area contributed by atoms with E-state index in [0.29, 0.717) is 25.9 Å². The second-order valence-electron chi connectivity index (χ2n) is 5.92. The average molecular weight is 340 g/mol. The maximum Gasteiger partial charge on any atom is 0.222 e. The van der Waals surface area contributed by atoms with Gasteiger partial charge in [-0.1, -0.05) is 12.1 Å². The summed E-state index contributed by atoms with van der Waals surface area (Å²) >= 11 is 0. The van der Waals surface area contributed by atoms with Crippen molar-refractivity contribution >= 4 is 15.9 Å². The Kier molecular flexibility index (Phi) is 6.01. The van der Waals surface area contributed by atoms with Crippen LogP contribution in [-0.2, 0) is 21.2 Å². The maximum absolute atomic E-state index is 12.4. The van der Waals surface area contributed by atoms with Crippen LogP contribution < -0.4 is 9.46 Å². The number of ether oxygens (including phenoxy) is 1. The number of likely N-dealkylation sites (tertiary alicyclic amines) is 1. The molecular weight excluding hydrogens is 316 g/mol. The Morgan fingerprint density at radius 3 is 2.91 bits per heavy atom. The van der Waals surface area contributed by atoms with E-state index < -0.39 is 10.0 Å². The molecule has 2 rings (SSSR count). The van der Waals surface area contributed by atoms with Crippen LogP contribution in [0.2, 0.25) is 0 Å². The molecule has 1 aliphatic heterocycles. The molecule has 1 fully saturated rings. The SMILES string of the molecule is COc1cccc(CCC(=O)N2CCC[C@@H](NS(C)(=O)=O)C2)c1. The van der Waals surface area contributed by atoms with Gasteiger partial charge in [0.05, 0.1) is 13.4 Å². The third kappa shape index (κ3) is 5.84. The van der Waals surface area contributed by atoms with Crippen LogP contribution in [0.25, 0.3) is 0 Å². The summed E-state index contributed by atoms with van der Waals surface area (Å²) in [5.74, 6) is 0.846. The van der Waals surface area contributed by atoms with Gasteiger partial charge in [0.1, 0.15) is 5.75 Å². The number of aryl methyl sites for hydroxylation is 1. The number of nitrogens with one attached hydrogen (secondary N) is 1. The van der Waals surface area contributed by atoms with Gasteiger partial charge in [0.25, 0.3) is 0 Å². The summed E-state index contributed by atoms with van der Waals surface area (Å²) in [4.78, 5) is 14.1. The number of sulfonamides is 1. The number of nitrogens with zero attached hydrogens (tertiary/aromatic N) is 1. The molecule has 0 saturated carbocycles. The first-order chi connectivity index (χ1) is 10.9. The fraction of sp³-hybridized carbons (Fsp3) is 0.562. The molecule has 1 heterocycles. The Balaban J connectivity index is 1.87. The van der Waals surface area contributed by atoms with E-state index in [2.05, 4.69) is 4.72 Å². The Morgan fingerprint density at radius 1 is 1.43 bits per heavy atom. The van der Waals surface area contributed by atoms with Gasteiger partial charge in [-0.3, -0.25) is 4.79 Å². The quantitative estimate of drug-likeness (QED) is 0.843. The minimum Gasteiger partial charge on any atom is -0.497 e. The minimum atomic E-state index is -3.24. The zero-order valence-corrected chi connectivity index (χ0v) is 14.4. The second kappa shape index (κ2) is 7.79. The standard InChI is InChI=1S/C16H24N2O4S/c1-22-15-7-3-5-13(11-15)8-9-16(19)18-10-4-6-14(12-18)17-23(2,20)21/h3,5,7,11,14,17H,4,6,8-10,12H2,1-2H3/t14-/m1/s1. The number of hydrogen-bond acceptors (Lipinski definition) is 4. The number of benzene rings is 1. The van der Waals surface area contributed by atoms with E-state index in [9.17, 15) is 13.2 Å². The van der Waals surface area contributed by atoms with Crippen molar-refractivity contribution in [1.29, 1.82) is 0 Å². The number of amides is 1. The van der Waals surface area contributed by atoms with Gasteiger partial charge in [0.15, 0.2) is 0 Å². The van der Waals surface area contributed by atoms with Crippen LogP contribution in [0.1, 0.15) is 24.8 Å². The van der Waals surface area contributed by atoms with Crippen LogP contribution in [0.3, 0.4) is 0 Å². The minimum absolute atomic E-state index is 0.0628. The lowest BCUT2D eigenvalue weighted by Crippen LogP contribution is -2.49. The number of rotatable bonds is 6. The van der Waals surface area contributed by atoms with Crippen molar-refractivity contribution in [1.82, 2.24) is 9.62 Å². The maximum atomic E-state index is 12.4. The van der Waals surface area contributed by atoms with Gasteiger partial charge in [-0.05, 0) is 37.0 Å². The van der Waals surface area contributed by atoms with Crippen LogP contribution >= 0.6 is 0 Å². The van der Waals surface area contributed by atoms with Gasteiger partial charge >= 0.3 is 0 Å². The molecule has 1 aromatic carbocycles. The smallest absolute Gasteiger partial charge is 0.222 e. The fourth-order valence-electron chi connectivity index (χ4n) is 2.84. The highest BCUT2D eigenvalue weighted by Gasteiger charge is 2.25. The molecule has 1 atom stereocenters. The lowest BCUT2D eigenvalue weighted by Gasteiger charge is -2.32. The van der Waals surface area contributed by atoms with Gasteiger partial charge in [-0.2, -0.15) is 0 Å². The fourth-order valence-corrected chi connectivity index (χ4v) is 3.64. The summed E-state index contributed by atoms with van der Waals surface area (Å²) < 4.78 is 30.4. The van der Waals surface area contributed by atoms with Crippen molar-refractivity contribution in [3.8, 4) is 5.75 Å². The molecule has 1 aliphatic rings. The summed E-state index contributed by atoms with van der Waals surface area (Å²) in [5.41, 5.74) is 1.06. The van der Waals surface area contributed by atoms with E-state index in [1.807, 2.05) is 24.3 Å². The molecule has 0 unspecified atom stereocenters. The molecule has 0 bridgehead atoms. The summed E-state index contributed by atoms with van der Waals surface area (Å²) in [5, 5.41) is 0. The van der Waals surface area contributed by atoms with Gasteiger partial charge in [-0.15, -0.1) is 0 Å². The Labute approximate surface area is 137 Å². The zero-order chi connectivity index (χ0) is 16.9. The molecule has 1 N–H and O–H groups in total. The zero-order valence-electron chi connectivity index (χ0n) is 13.6. The highest BCUT2D eigenvalue weighted by atomic mass is 32.2. The van der Waals surface area contributed by atoms with E-state index >= 15 is 0 Å². The molecule has 1 aromatic rings. The number of methoxy groups -OCH3 is 1. The monoisotopic (exact) mass is 340 g/mol. The highest BCUT2D eigenvalue weighted by molar-refractivity contribution is 7.88. The van der Waals surface area contributed by atoms with Crippen molar-refractivity contribution < 1.29 is 17.9 Å². The summed E-state index contributed by atoms with van der Waals surface area (Å²) in [6, 6.07) is 7.50. The van der Waals surface area contributed by atoms with Crippen molar-refractivity contribution in [3.63, 3.8) is 0 Å². The van der Waals surface area contributed by atoms with E-state index in [1.165, 1.54) is 0 Å². The summed E-state index contributed by atoms with van der Waals surface area (Å²) in [6.45, 7) is 1.14. The number of hydrogen-bond donors (Lipinski definition) is 1. The predicted octanol–water partition coefficient (Wildman–Crippen LogP) is 1.17. The lowest BCUT2D eigenvalue weighted by molar-refractivity contribution is -0.132. The molecule has 0 spiro atoms. The van der Waals surface area contributed by atoms with Crippen molar-refractivity contribution in [2.75, 3.05) is 26.5 Å². The Bertz CT molecular complexity index is 645. The molecule has 7 heteroatoms. The van der Waals surface area contributed by atoms with E-state index in [0.717, 1.165) is 30.4 Å². The molecule has 1 saturated heterocycles. The van der Waals surface area contributed by atoms with Gasteiger partial charge < -0.3 is 9.64 Å². The first-order valence-electron chi connectivity index (χ1n) is 7.75. The molecule has 0 aliphatic carbocycles. The van der Waals surface area contributed by atoms with Crippen LogP contribution in [-0.4, -0.2) is 51.7 Å². The van der Waals surface area contributed by atoms with Gasteiger partial charge in [0.2, 0.25) is 15.9 Å². The van der Waals surface area contributed by atoms with Crippen LogP contribution in [0.15, 0.2) is 24.3 Å². The molecule has 23 heavy (non-hydrogen) atoms. The van der Waals surface area contributed by atoms with Gasteiger partial charge in [0, 0.05) is 25.6 Å². The molecule has 0 aromatic heterocycles. The largest absolute Gasteiger partial charge is 0.497 e. The Morgan fingerprint density at radius 2 is 2.22 bits per heavy atom. The molecule has 1 amide bonds. The molecule has 0 radical (unpaired) electrons. The van der Waals surface area contributed by atoms with Crippen LogP contribution in [0.5, 0.6) is 5.75 Å².